The zero-order valence-electron chi connectivity index (χ0n) is 10.4. The number of hydrogen-bond donors (Lipinski definition) is 1. The Morgan fingerprint density at radius 2 is 2.00 bits per heavy atom. The van der Waals surface area contributed by atoms with Gasteiger partial charge < -0.3 is 5.32 Å². The molecule has 0 saturated carbocycles. The lowest BCUT2D eigenvalue weighted by molar-refractivity contribution is -0.112. The number of nitrogens with one attached hydrogen (secondary N) is 1. The Morgan fingerprint density at radius 1 is 1.26 bits per heavy atom. The maximum absolute atomic E-state index is 12.0. The smallest absolute Gasteiger partial charge is 0.266 e. The molecular formula is C15H12N2OS. The van der Waals surface area contributed by atoms with Crippen molar-refractivity contribution in [2.75, 3.05) is 5.32 Å². The molecule has 4 heteroatoms. The monoisotopic (exact) mass is 268 g/mol. The number of amides is 1. The van der Waals surface area contributed by atoms with Crippen molar-refractivity contribution < 1.29 is 4.79 Å². The Bertz CT molecular complexity index is 650. The summed E-state index contributed by atoms with van der Waals surface area (Å²) in [6, 6.07) is 14.9. The van der Waals surface area contributed by atoms with Crippen molar-refractivity contribution in [3.8, 4) is 6.07 Å². The Hall–Kier alpha value is -2.38. The molecular weight excluding hydrogens is 256 g/mol. The highest BCUT2D eigenvalue weighted by Gasteiger charge is 2.09. The molecule has 94 valence electrons. The standard InChI is InChI=1S/C15H12N2OS/c1-11-7-8-14(19-11)9-12(10-16)15(18)17-13-5-3-2-4-6-13/h2-9H,1H3,(H,17,18). The van der Waals surface area contributed by atoms with Crippen LogP contribution in [-0.4, -0.2) is 5.91 Å². The molecule has 0 saturated heterocycles. The van der Waals surface area contributed by atoms with Crippen molar-refractivity contribution in [1.29, 1.82) is 5.26 Å². The number of anilines is 1. The third-order valence-electron chi connectivity index (χ3n) is 2.44. The van der Waals surface area contributed by atoms with Gasteiger partial charge in [-0.05, 0) is 37.3 Å². The summed E-state index contributed by atoms with van der Waals surface area (Å²) in [5.74, 6) is -0.389. The van der Waals surface area contributed by atoms with Crippen LogP contribution in [-0.2, 0) is 4.79 Å². The summed E-state index contributed by atoms with van der Waals surface area (Å²) < 4.78 is 0. The lowest BCUT2D eigenvalue weighted by Crippen LogP contribution is -2.13. The van der Waals surface area contributed by atoms with E-state index in [-0.39, 0.29) is 11.5 Å². The normalized spacial score (nSPS) is 10.8. The molecule has 0 radical (unpaired) electrons. The summed E-state index contributed by atoms with van der Waals surface area (Å²) in [5.41, 5.74) is 0.779. The number of aryl methyl sites for hydroxylation is 1. The van der Waals surface area contributed by atoms with Crippen LogP contribution in [0.4, 0.5) is 5.69 Å². The average molecular weight is 268 g/mol. The van der Waals surface area contributed by atoms with Gasteiger partial charge in [0, 0.05) is 15.4 Å². The second-order valence-electron chi connectivity index (χ2n) is 3.94. The Kier molecular flexibility index (Phi) is 4.11. The molecule has 1 aromatic heterocycles. The van der Waals surface area contributed by atoms with E-state index in [1.807, 2.05) is 43.3 Å². The first-order valence-corrected chi connectivity index (χ1v) is 6.55. The molecule has 0 bridgehead atoms. The minimum absolute atomic E-state index is 0.103. The minimum Gasteiger partial charge on any atom is -0.321 e. The van der Waals surface area contributed by atoms with Crippen molar-refractivity contribution in [2.45, 2.75) is 6.92 Å². The Balaban J connectivity index is 2.16. The van der Waals surface area contributed by atoms with E-state index in [4.69, 9.17) is 5.26 Å². The Morgan fingerprint density at radius 3 is 2.58 bits per heavy atom. The average Bonchev–Trinajstić information content (AvgIpc) is 2.82. The van der Waals surface area contributed by atoms with Gasteiger partial charge in [0.05, 0.1) is 0 Å². The minimum atomic E-state index is -0.389. The van der Waals surface area contributed by atoms with Gasteiger partial charge in [0.2, 0.25) is 0 Å². The summed E-state index contributed by atoms with van der Waals surface area (Å²) in [6.07, 6.45) is 1.61. The molecule has 3 nitrogen and oxygen atoms in total. The van der Waals surface area contributed by atoms with Crippen LogP contribution in [0, 0.1) is 18.3 Å². The SMILES string of the molecule is Cc1ccc(C=C(C#N)C(=O)Nc2ccccc2)s1. The van der Waals surface area contributed by atoms with E-state index in [1.54, 1.807) is 29.5 Å². The van der Waals surface area contributed by atoms with Gasteiger partial charge in [-0.3, -0.25) is 4.79 Å². The number of nitrogens with zero attached hydrogens (tertiary/aromatic N) is 1. The first-order chi connectivity index (χ1) is 9.19. The van der Waals surface area contributed by atoms with Crippen molar-refractivity contribution in [3.63, 3.8) is 0 Å². The third kappa shape index (κ3) is 3.54. The first-order valence-electron chi connectivity index (χ1n) is 5.73. The molecule has 0 atom stereocenters. The van der Waals surface area contributed by atoms with Gasteiger partial charge in [-0.25, -0.2) is 0 Å². The molecule has 0 aliphatic heterocycles. The quantitative estimate of drug-likeness (QED) is 0.683. The number of thiophene rings is 1. The number of nitriles is 1. The summed E-state index contributed by atoms with van der Waals surface area (Å²) >= 11 is 1.55. The van der Waals surface area contributed by atoms with Crippen LogP contribution >= 0.6 is 11.3 Å². The van der Waals surface area contributed by atoms with Gasteiger partial charge in [-0.15, -0.1) is 11.3 Å². The second-order valence-corrected chi connectivity index (χ2v) is 5.26. The molecule has 1 heterocycles. The summed E-state index contributed by atoms with van der Waals surface area (Å²) in [5, 5.41) is 11.8. The van der Waals surface area contributed by atoms with E-state index in [0.717, 1.165) is 9.75 Å². The number of carbonyl (C=O) groups excluding carboxylic acids is 1. The maximum Gasteiger partial charge on any atom is 0.266 e. The van der Waals surface area contributed by atoms with Crippen LogP contribution in [0.5, 0.6) is 0 Å². The number of rotatable bonds is 3. The maximum atomic E-state index is 12.0. The van der Waals surface area contributed by atoms with E-state index in [1.165, 1.54) is 0 Å². The van der Waals surface area contributed by atoms with Gasteiger partial charge >= 0.3 is 0 Å². The molecule has 1 aromatic carbocycles. The van der Waals surface area contributed by atoms with Gasteiger partial charge in [-0.1, -0.05) is 18.2 Å². The highest BCUT2D eigenvalue weighted by molar-refractivity contribution is 7.12. The van der Waals surface area contributed by atoms with Crippen LogP contribution in [0.3, 0.4) is 0 Å². The van der Waals surface area contributed by atoms with E-state index < -0.39 is 0 Å². The Labute approximate surface area is 115 Å². The number of carbonyl (C=O) groups is 1. The summed E-state index contributed by atoms with van der Waals surface area (Å²) in [6.45, 7) is 1.98. The zero-order valence-corrected chi connectivity index (χ0v) is 11.2. The van der Waals surface area contributed by atoms with Crippen LogP contribution < -0.4 is 5.32 Å². The summed E-state index contributed by atoms with van der Waals surface area (Å²) in [7, 11) is 0. The van der Waals surface area contributed by atoms with Crippen molar-refractivity contribution >= 4 is 29.0 Å². The highest BCUT2D eigenvalue weighted by atomic mass is 32.1. The van der Waals surface area contributed by atoms with E-state index in [0.29, 0.717) is 5.69 Å². The molecule has 0 unspecified atom stereocenters. The molecule has 2 rings (SSSR count). The first kappa shape index (κ1) is 13.1. The van der Waals surface area contributed by atoms with Crippen LogP contribution in [0.1, 0.15) is 9.75 Å². The molecule has 0 fully saturated rings. The number of hydrogen-bond acceptors (Lipinski definition) is 3. The largest absolute Gasteiger partial charge is 0.321 e. The van der Waals surface area contributed by atoms with Crippen LogP contribution in [0.15, 0.2) is 48.0 Å². The molecule has 1 N–H and O–H groups in total. The lowest BCUT2D eigenvalue weighted by Gasteiger charge is -2.03. The number of benzene rings is 1. The molecule has 0 spiro atoms. The molecule has 0 aliphatic carbocycles. The molecule has 1 amide bonds. The fraction of sp³-hybridized carbons (Fsp3) is 0.0667. The lowest BCUT2D eigenvalue weighted by atomic mass is 10.2. The fourth-order valence-electron chi connectivity index (χ4n) is 1.54. The van der Waals surface area contributed by atoms with Crippen LogP contribution in [0.25, 0.3) is 6.08 Å². The third-order valence-corrected chi connectivity index (χ3v) is 3.39. The predicted octanol–water partition coefficient (Wildman–Crippen LogP) is 3.60. The van der Waals surface area contributed by atoms with Crippen LogP contribution in [0.2, 0.25) is 0 Å². The van der Waals surface area contributed by atoms with Gasteiger partial charge in [0.1, 0.15) is 11.6 Å². The number of para-hydroxylation sites is 1. The van der Waals surface area contributed by atoms with Gasteiger partial charge in [0.15, 0.2) is 0 Å². The molecule has 2 aromatic rings. The van der Waals surface area contributed by atoms with Crippen molar-refractivity contribution in [1.82, 2.24) is 0 Å². The van der Waals surface area contributed by atoms with Crippen molar-refractivity contribution in [2.24, 2.45) is 0 Å². The predicted molar refractivity (Wildman–Crippen MR) is 77.7 cm³/mol. The second kappa shape index (κ2) is 5.98. The van der Waals surface area contributed by atoms with Gasteiger partial charge in [0.25, 0.3) is 5.91 Å². The summed E-state index contributed by atoms with van der Waals surface area (Å²) in [4.78, 5) is 14.0. The topological polar surface area (TPSA) is 52.9 Å². The highest BCUT2D eigenvalue weighted by Crippen LogP contribution is 2.18. The van der Waals surface area contributed by atoms with E-state index >= 15 is 0 Å². The zero-order chi connectivity index (χ0) is 13.7. The van der Waals surface area contributed by atoms with E-state index in [2.05, 4.69) is 5.32 Å². The molecule has 0 aliphatic rings. The fourth-order valence-corrected chi connectivity index (χ4v) is 2.36. The van der Waals surface area contributed by atoms with E-state index in [9.17, 15) is 4.79 Å². The van der Waals surface area contributed by atoms with Gasteiger partial charge in [-0.2, -0.15) is 5.26 Å². The van der Waals surface area contributed by atoms with Crippen molar-refractivity contribution in [3.05, 3.63) is 57.8 Å². The molecule has 19 heavy (non-hydrogen) atoms.